The monoisotopic (exact) mass is 802 g/mol. The molecule has 2 aromatic carbocycles. The Hall–Kier alpha value is -5.01. The van der Waals surface area contributed by atoms with E-state index in [0.29, 0.717) is 6.42 Å². The molecule has 13 heteroatoms. The number of carbonyl (C=O) groups is 4. The molecule has 318 valence electrons. The van der Waals surface area contributed by atoms with Gasteiger partial charge in [0.2, 0.25) is 5.91 Å². The number of benzene rings is 2. The summed E-state index contributed by atoms with van der Waals surface area (Å²) in [5, 5.41) is 10.5. The molecule has 3 aromatic rings. The maximum absolute atomic E-state index is 14.4. The predicted octanol–water partition coefficient (Wildman–Crippen LogP) is 7.20. The first kappa shape index (κ1) is 47.4. The van der Waals surface area contributed by atoms with Crippen LogP contribution in [0.15, 0.2) is 79.0 Å². The van der Waals surface area contributed by atoms with Crippen molar-refractivity contribution < 1.29 is 33.4 Å². The van der Waals surface area contributed by atoms with Crippen LogP contribution in [0.1, 0.15) is 94.2 Å². The summed E-state index contributed by atoms with van der Waals surface area (Å²) in [7, 11) is 1.25. The first-order valence-corrected chi connectivity index (χ1v) is 19.8. The molecule has 0 spiro atoms. The standard InChI is InChI=1S/C45H66N6O7/c1-42(2,3)36(49-41(55)58-45(10,11)12)38(52)47-34(27-30-19-15-14-16-20-30)35(57-44(7,8)9)29-51(50-39(53)37(43(4,5)6)48-40(54)56-13)28-31-22-24-32(25-23-31)33-21-17-18-26-46-33/h14-26,34-37H,27-29H2,1-13H3,(H,47,52)(H,48,54)(H,49,55)(H,50,53)/t34?,35-,36+,37+/m0/s1. The molecule has 0 radical (unpaired) electrons. The smallest absolute Gasteiger partial charge is 0.408 e. The number of pyridine rings is 1. The van der Waals surface area contributed by atoms with E-state index in [9.17, 15) is 19.2 Å². The summed E-state index contributed by atoms with van der Waals surface area (Å²) in [5.41, 5.74) is 3.80. The first-order valence-electron chi connectivity index (χ1n) is 19.8. The molecule has 0 saturated carbocycles. The number of hydrogen-bond donors (Lipinski definition) is 4. The zero-order valence-electron chi connectivity index (χ0n) is 36.7. The average molecular weight is 803 g/mol. The van der Waals surface area contributed by atoms with E-state index in [0.717, 1.165) is 22.4 Å². The topological polar surface area (TPSA) is 160 Å². The quantitative estimate of drug-likeness (QED) is 0.117. The van der Waals surface area contributed by atoms with E-state index in [4.69, 9.17) is 14.2 Å². The molecule has 0 fully saturated rings. The Balaban J connectivity index is 2.11. The molecule has 13 nitrogen and oxygen atoms in total. The van der Waals surface area contributed by atoms with Crippen LogP contribution in [0.2, 0.25) is 0 Å². The van der Waals surface area contributed by atoms with E-state index in [2.05, 4.69) is 26.4 Å². The number of methoxy groups -OCH3 is 1. The van der Waals surface area contributed by atoms with Crippen molar-refractivity contribution in [2.75, 3.05) is 13.7 Å². The number of carbonyl (C=O) groups excluding carboxylic acids is 4. The van der Waals surface area contributed by atoms with E-state index < -0.39 is 70.3 Å². The van der Waals surface area contributed by atoms with Crippen molar-refractivity contribution in [3.8, 4) is 11.3 Å². The summed E-state index contributed by atoms with van der Waals surface area (Å²) >= 11 is 0. The SMILES string of the molecule is COC(=O)N[C@H](C(=O)NN(Cc1ccc(-c2ccccn2)cc1)C[C@H](OC(C)(C)C)C(Cc1ccccc1)NC(=O)[C@@H](NC(=O)OC(C)(C)C)C(C)(C)C)C(C)(C)C. The van der Waals surface area contributed by atoms with E-state index >= 15 is 0 Å². The Kier molecular flexibility index (Phi) is 16.4. The number of amides is 4. The van der Waals surface area contributed by atoms with Crippen LogP contribution in [-0.2, 0) is 36.8 Å². The summed E-state index contributed by atoms with van der Waals surface area (Å²) in [6.45, 7) is 22.6. The average Bonchev–Trinajstić information content (AvgIpc) is 3.11. The molecule has 1 heterocycles. The van der Waals surface area contributed by atoms with Crippen molar-refractivity contribution in [1.82, 2.24) is 31.4 Å². The molecule has 0 aliphatic carbocycles. The van der Waals surface area contributed by atoms with E-state index in [-0.39, 0.29) is 13.1 Å². The zero-order valence-corrected chi connectivity index (χ0v) is 36.7. The van der Waals surface area contributed by atoms with Crippen molar-refractivity contribution in [3.05, 3.63) is 90.1 Å². The molecule has 4 amide bonds. The second kappa shape index (κ2) is 20.1. The molecule has 4 N–H and O–H groups in total. The highest BCUT2D eigenvalue weighted by Crippen LogP contribution is 2.25. The third-order valence-corrected chi connectivity index (χ3v) is 8.90. The van der Waals surface area contributed by atoms with Crippen LogP contribution in [0.4, 0.5) is 9.59 Å². The summed E-state index contributed by atoms with van der Waals surface area (Å²) in [6.07, 6.45) is -0.0558. The number of hydrazine groups is 1. The fourth-order valence-corrected chi connectivity index (χ4v) is 6.19. The summed E-state index contributed by atoms with van der Waals surface area (Å²) in [6, 6.07) is 20.7. The fraction of sp³-hybridized carbons (Fsp3) is 0.533. The van der Waals surface area contributed by atoms with Gasteiger partial charge in [0, 0.05) is 24.8 Å². The molecular formula is C45H66N6O7. The lowest BCUT2D eigenvalue weighted by molar-refractivity contribution is -0.137. The Bertz CT molecular complexity index is 1780. The normalized spacial score (nSPS) is 14.4. The first-order chi connectivity index (χ1) is 26.8. The number of nitrogens with zero attached hydrogens (tertiary/aromatic N) is 2. The lowest BCUT2D eigenvalue weighted by atomic mass is 9.85. The summed E-state index contributed by atoms with van der Waals surface area (Å²) in [4.78, 5) is 58.5. The van der Waals surface area contributed by atoms with Gasteiger partial charge in [0.25, 0.3) is 5.91 Å². The van der Waals surface area contributed by atoms with Crippen LogP contribution in [-0.4, -0.2) is 83.1 Å². The van der Waals surface area contributed by atoms with Crippen molar-refractivity contribution in [3.63, 3.8) is 0 Å². The number of aromatic nitrogens is 1. The second-order valence-electron chi connectivity index (χ2n) is 18.7. The van der Waals surface area contributed by atoms with E-state index in [1.165, 1.54) is 7.11 Å². The second-order valence-corrected chi connectivity index (χ2v) is 18.7. The minimum Gasteiger partial charge on any atom is -0.453 e. The molecule has 1 unspecified atom stereocenters. The van der Waals surface area contributed by atoms with Gasteiger partial charge >= 0.3 is 12.2 Å². The van der Waals surface area contributed by atoms with Crippen molar-refractivity contribution >= 4 is 24.0 Å². The highest BCUT2D eigenvalue weighted by molar-refractivity contribution is 5.87. The molecular weight excluding hydrogens is 737 g/mol. The molecule has 58 heavy (non-hydrogen) atoms. The minimum atomic E-state index is -0.971. The van der Waals surface area contributed by atoms with Gasteiger partial charge in [-0.05, 0) is 82.1 Å². The molecule has 0 aliphatic heterocycles. The Morgan fingerprint density at radius 1 is 0.655 bits per heavy atom. The van der Waals surface area contributed by atoms with Crippen LogP contribution in [0.25, 0.3) is 11.3 Å². The van der Waals surface area contributed by atoms with Gasteiger partial charge in [-0.3, -0.25) is 20.0 Å². The maximum atomic E-state index is 14.4. The molecule has 0 bridgehead atoms. The van der Waals surface area contributed by atoms with Gasteiger partial charge in [0.15, 0.2) is 0 Å². The van der Waals surface area contributed by atoms with Crippen molar-refractivity contribution in [2.45, 2.75) is 131 Å². The van der Waals surface area contributed by atoms with Crippen LogP contribution in [0.3, 0.4) is 0 Å². The van der Waals surface area contributed by atoms with Gasteiger partial charge in [-0.25, -0.2) is 14.6 Å². The van der Waals surface area contributed by atoms with Crippen LogP contribution < -0.4 is 21.4 Å². The molecule has 4 atom stereocenters. The van der Waals surface area contributed by atoms with Gasteiger partial charge in [0.1, 0.15) is 17.7 Å². The van der Waals surface area contributed by atoms with E-state index in [1.807, 2.05) is 135 Å². The number of nitrogens with one attached hydrogen (secondary N) is 4. The highest BCUT2D eigenvalue weighted by atomic mass is 16.6. The van der Waals surface area contributed by atoms with Gasteiger partial charge in [-0.2, -0.15) is 0 Å². The third-order valence-electron chi connectivity index (χ3n) is 8.90. The lowest BCUT2D eigenvalue weighted by Gasteiger charge is -2.39. The van der Waals surface area contributed by atoms with Crippen LogP contribution >= 0.6 is 0 Å². The highest BCUT2D eigenvalue weighted by Gasteiger charge is 2.39. The van der Waals surface area contributed by atoms with Gasteiger partial charge in [-0.15, -0.1) is 0 Å². The number of rotatable bonds is 15. The van der Waals surface area contributed by atoms with Gasteiger partial charge in [0.05, 0.1) is 30.6 Å². The molecule has 3 rings (SSSR count). The maximum Gasteiger partial charge on any atom is 0.408 e. The number of alkyl carbamates (subject to hydrolysis) is 2. The molecule has 1 aromatic heterocycles. The van der Waals surface area contributed by atoms with Gasteiger partial charge < -0.3 is 30.2 Å². The molecule has 0 aliphatic rings. The van der Waals surface area contributed by atoms with Crippen LogP contribution in [0, 0.1) is 10.8 Å². The summed E-state index contributed by atoms with van der Waals surface area (Å²) in [5.74, 6) is -0.881. The minimum absolute atomic E-state index is 0.109. The summed E-state index contributed by atoms with van der Waals surface area (Å²) < 4.78 is 17.2. The van der Waals surface area contributed by atoms with Crippen molar-refractivity contribution in [1.29, 1.82) is 0 Å². The largest absolute Gasteiger partial charge is 0.453 e. The lowest BCUT2D eigenvalue weighted by Crippen LogP contribution is -2.62. The Morgan fingerprint density at radius 3 is 1.74 bits per heavy atom. The van der Waals surface area contributed by atoms with E-state index in [1.54, 1.807) is 32.0 Å². The Morgan fingerprint density at radius 2 is 1.22 bits per heavy atom. The zero-order chi connectivity index (χ0) is 43.5. The number of ether oxygens (including phenoxy) is 3. The number of hydrogen-bond acceptors (Lipinski definition) is 9. The fourth-order valence-electron chi connectivity index (χ4n) is 6.19. The van der Waals surface area contributed by atoms with Crippen LogP contribution in [0.5, 0.6) is 0 Å². The predicted molar refractivity (Wildman–Crippen MR) is 226 cm³/mol. The molecule has 0 saturated heterocycles. The third kappa shape index (κ3) is 16.1. The van der Waals surface area contributed by atoms with Crippen molar-refractivity contribution in [2.24, 2.45) is 10.8 Å². The van der Waals surface area contributed by atoms with Gasteiger partial charge in [-0.1, -0.05) is 102 Å². The Labute approximate surface area is 345 Å².